The molecule has 17 heavy (non-hydrogen) atoms. The third-order valence-corrected chi connectivity index (χ3v) is 2.97. The molecule has 94 valence electrons. The average molecular weight is 236 g/mol. The van der Waals surface area contributed by atoms with Gasteiger partial charge in [-0.2, -0.15) is 0 Å². The van der Waals surface area contributed by atoms with Crippen molar-refractivity contribution in [3.8, 4) is 11.5 Å². The van der Waals surface area contributed by atoms with Crippen LogP contribution in [0.2, 0.25) is 0 Å². The van der Waals surface area contributed by atoms with E-state index in [1.807, 2.05) is 25.1 Å². The van der Waals surface area contributed by atoms with Crippen LogP contribution in [0.1, 0.15) is 32.8 Å². The second-order valence-electron chi connectivity index (χ2n) is 5.23. The SMILES string of the molecule is CC(C)CC(C)(O)c1ccc2c(c1)OCCO2. The maximum Gasteiger partial charge on any atom is 0.161 e. The molecule has 0 bridgehead atoms. The third-order valence-electron chi connectivity index (χ3n) is 2.97. The van der Waals surface area contributed by atoms with E-state index in [1.54, 1.807) is 0 Å². The van der Waals surface area contributed by atoms with Crippen LogP contribution >= 0.6 is 0 Å². The van der Waals surface area contributed by atoms with Crippen LogP contribution in [-0.2, 0) is 5.60 Å². The Kier molecular flexibility index (Phi) is 3.29. The van der Waals surface area contributed by atoms with E-state index >= 15 is 0 Å². The molecule has 0 radical (unpaired) electrons. The van der Waals surface area contributed by atoms with Gasteiger partial charge in [-0.05, 0) is 37.0 Å². The summed E-state index contributed by atoms with van der Waals surface area (Å²) in [6, 6.07) is 5.67. The molecule has 0 saturated heterocycles. The summed E-state index contributed by atoms with van der Waals surface area (Å²) in [6.45, 7) is 7.22. The second-order valence-corrected chi connectivity index (χ2v) is 5.23. The van der Waals surface area contributed by atoms with E-state index in [2.05, 4.69) is 13.8 Å². The lowest BCUT2D eigenvalue weighted by atomic mass is 9.87. The highest BCUT2D eigenvalue weighted by molar-refractivity contribution is 5.45. The number of aliphatic hydroxyl groups is 1. The number of fused-ring (bicyclic) bond motifs is 1. The fraction of sp³-hybridized carbons (Fsp3) is 0.571. The standard InChI is InChI=1S/C14H20O3/c1-10(2)9-14(3,15)11-4-5-12-13(8-11)17-7-6-16-12/h4-5,8,10,15H,6-7,9H2,1-3H3. The molecule has 0 aromatic heterocycles. The first-order valence-electron chi connectivity index (χ1n) is 6.11. The molecule has 1 aliphatic rings. The fourth-order valence-corrected chi connectivity index (χ4v) is 2.29. The van der Waals surface area contributed by atoms with Gasteiger partial charge in [0.1, 0.15) is 13.2 Å². The van der Waals surface area contributed by atoms with Crippen molar-refractivity contribution in [2.24, 2.45) is 5.92 Å². The topological polar surface area (TPSA) is 38.7 Å². The van der Waals surface area contributed by atoms with Crippen molar-refractivity contribution >= 4 is 0 Å². The van der Waals surface area contributed by atoms with E-state index in [0.29, 0.717) is 19.1 Å². The van der Waals surface area contributed by atoms with E-state index in [0.717, 1.165) is 23.5 Å². The zero-order chi connectivity index (χ0) is 12.5. The molecule has 0 spiro atoms. The third kappa shape index (κ3) is 2.72. The predicted molar refractivity (Wildman–Crippen MR) is 66.5 cm³/mol. The van der Waals surface area contributed by atoms with Gasteiger partial charge in [-0.1, -0.05) is 19.9 Å². The van der Waals surface area contributed by atoms with Crippen molar-refractivity contribution in [2.75, 3.05) is 13.2 Å². The molecular formula is C14H20O3. The van der Waals surface area contributed by atoms with Gasteiger partial charge in [0, 0.05) is 0 Å². The summed E-state index contributed by atoms with van der Waals surface area (Å²) in [4.78, 5) is 0. The molecule has 3 heteroatoms. The minimum atomic E-state index is -0.815. The van der Waals surface area contributed by atoms with Gasteiger partial charge < -0.3 is 14.6 Å². The van der Waals surface area contributed by atoms with Crippen LogP contribution in [0.5, 0.6) is 11.5 Å². The quantitative estimate of drug-likeness (QED) is 0.877. The molecule has 1 atom stereocenters. The summed E-state index contributed by atoms with van der Waals surface area (Å²) in [5.74, 6) is 1.94. The van der Waals surface area contributed by atoms with E-state index in [1.165, 1.54) is 0 Å². The zero-order valence-electron chi connectivity index (χ0n) is 10.7. The van der Waals surface area contributed by atoms with E-state index in [-0.39, 0.29) is 0 Å². The molecule has 0 fully saturated rings. The number of hydrogen-bond donors (Lipinski definition) is 1. The van der Waals surface area contributed by atoms with Crippen LogP contribution in [-0.4, -0.2) is 18.3 Å². The van der Waals surface area contributed by atoms with E-state index in [4.69, 9.17) is 9.47 Å². The number of benzene rings is 1. The van der Waals surface area contributed by atoms with Gasteiger partial charge in [-0.25, -0.2) is 0 Å². The normalized spacial score (nSPS) is 17.9. The Morgan fingerprint density at radius 3 is 2.53 bits per heavy atom. The van der Waals surface area contributed by atoms with Crippen LogP contribution < -0.4 is 9.47 Å². The summed E-state index contributed by atoms with van der Waals surface area (Å²) in [7, 11) is 0. The first kappa shape index (κ1) is 12.2. The summed E-state index contributed by atoms with van der Waals surface area (Å²) in [5, 5.41) is 10.5. The van der Waals surface area contributed by atoms with Gasteiger partial charge in [0.15, 0.2) is 11.5 Å². The van der Waals surface area contributed by atoms with Crippen LogP contribution in [0.25, 0.3) is 0 Å². The molecule has 1 heterocycles. The molecule has 2 rings (SSSR count). The summed E-state index contributed by atoms with van der Waals surface area (Å²) in [6.07, 6.45) is 0.729. The van der Waals surface area contributed by atoms with Gasteiger partial charge in [0.25, 0.3) is 0 Å². The van der Waals surface area contributed by atoms with E-state index in [9.17, 15) is 5.11 Å². The summed E-state index contributed by atoms with van der Waals surface area (Å²) in [5.41, 5.74) is 0.0692. The minimum Gasteiger partial charge on any atom is -0.486 e. The summed E-state index contributed by atoms with van der Waals surface area (Å²) >= 11 is 0. The van der Waals surface area contributed by atoms with Crippen molar-refractivity contribution in [3.05, 3.63) is 23.8 Å². The Morgan fingerprint density at radius 1 is 1.24 bits per heavy atom. The zero-order valence-corrected chi connectivity index (χ0v) is 10.7. The molecule has 0 amide bonds. The van der Waals surface area contributed by atoms with Crippen LogP contribution in [0.15, 0.2) is 18.2 Å². The largest absolute Gasteiger partial charge is 0.486 e. The Labute approximate surface area is 102 Å². The maximum atomic E-state index is 10.5. The van der Waals surface area contributed by atoms with Crippen molar-refractivity contribution in [1.82, 2.24) is 0 Å². The number of rotatable bonds is 3. The van der Waals surface area contributed by atoms with Crippen LogP contribution in [0.4, 0.5) is 0 Å². The molecule has 3 nitrogen and oxygen atoms in total. The lowest BCUT2D eigenvalue weighted by Crippen LogP contribution is -2.24. The number of ether oxygens (including phenoxy) is 2. The highest BCUT2D eigenvalue weighted by atomic mass is 16.6. The molecule has 0 saturated carbocycles. The Hall–Kier alpha value is -1.22. The second kappa shape index (κ2) is 4.57. The van der Waals surface area contributed by atoms with E-state index < -0.39 is 5.60 Å². The Bertz CT molecular complexity index is 396. The molecule has 1 N–H and O–H groups in total. The van der Waals surface area contributed by atoms with Crippen LogP contribution in [0, 0.1) is 5.92 Å². The van der Waals surface area contributed by atoms with Gasteiger partial charge in [-0.15, -0.1) is 0 Å². The van der Waals surface area contributed by atoms with Crippen molar-refractivity contribution in [2.45, 2.75) is 32.8 Å². The Balaban J connectivity index is 2.27. The molecule has 1 aliphatic heterocycles. The van der Waals surface area contributed by atoms with Gasteiger partial charge in [-0.3, -0.25) is 0 Å². The molecule has 1 unspecified atom stereocenters. The smallest absolute Gasteiger partial charge is 0.161 e. The predicted octanol–water partition coefficient (Wildman–Crippen LogP) is 2.71. The molecular weight excluding hydrogens is 216 g/mol. The lowest BCUT2D eigenvalue weighted by molar-refractivity contribution is 0.0343. The fourth-order valence-electron chi connectivity index (χ4n) is 2.29. The molecule has 0 aliphatic carbocycles. The Morgan fingerprint density at radius 2 is 1.88 bits per heavy atom. The van der Waals surface area contributed by atoms with Crippen LogP contribution in [0.3, 0.4) is 0 Å². The van der Waals surface area contributed by atoms with Gasteiger partial charge in [0.05, 0.1) is 5.60 Å². The van der Waals surface area contributed by atoms with Crippen molar-refractivity contribution in [1.29, 1.82) is 0 Å². The number of hydrogen-bond acceptors (Lipinski definition) is 3. The monoisotopic (exact) mass is 236 g/mol. The minimum absolute atomic E-state index is 0.443. The first-order chi connectivity index (χ1) is 7.99. The average Bonchev–Trinajstić information content (AvgIpc) is 2.26. The maximum absolute atomic E-state index is 10.5. The molecule has 1 aromatic rings. The highest BCUT2D eigenvalue weighted by Crippen LogP contribution is 2.36. The lowest BCUT2D eigenvalue weighted by Gasteiger charge is -2.27. The molecule has 1 aromatic carbocycles. The first-order valence-corrected chi connectivity index (χ1v) is 6.11. The van der Waals surface area contributed by atoms with Crippen molar-refractivity contribution in [3.63, 3.8) is 0 Å². The van der Waals surface area contributed by atoms with Crippen molar-refractivity contribution < 1.29 is 14.6 Å². The van der Waals surface area contributed by atoms with Gasteiger partial charge in [0.2, 0.25) is 0 Å². The summed E-state index contributed by atoms with van der Waals surface area (Å²) < 4.78 is 11.0. The highest BCUT2D eigenvalue weighted by Gasteiger charge is 2.26. The van der Waals surface area contributed by atoms with Gasteiger partial charge >= 0.3 is 0 Å².